The summed E-state index contributed by atoms with van der Waals surface area (Å²) in [5.74, 6) is -0.975. The molecule has 198 valence electrons. The highest BCUT2D eigenvalue weighted by Crippen LogP contribution is 2.35. The first-order valence-corrected chi connectivity index (χ1v) is 13.0. The molecule has 1 fully saturated rings. The largest absolute Gasteiger partial charge is 0.486 e. The van der Waals surface area contributed by atoms with Gasteiger partial charge in [-0.1, -0.05) is 38.7 Å². The number of hydrogen-bond donors (Lipinski definition) is 2. The van der Waals surface area contributed by atoms with E-state index in [2.05, 4.69) is 17.1 Å². The first-order valence-electron chi connectivity index (χ1n) is 13.0. The molecule has 0 aliphatic carbocycles. The first-order chi connectivity index (χ1) is 17.5. The lowest BCUT2D eigenvalue weighted by molar-refractivity contribution is -0.147. The van der Waals surface area contributed by atoms with Crippen LogP contribution in [0.1, 0.15) is 70.0 Å². The summed E-state index contributed by atoms with van der Waals surface area (Å²) >= 11 is 0. The summed E-state index contributed by atoms with van der Waals surface area (Å²) in [6.07, 6.45) is 8.56. The van der Waals surface area contributed by atoms with Crippen LogP contribution in [0, 0.1) is 0 Å². The highest BCUT2D eigenvalue weighted by Gasteiger charge is 2.32. The molecule has 0 spiro atoms. The van der Waals surface area contributed by atoms with Crippen molar-refractivity contribution in [3.8, 4) is 11.5 Å². The Bertz CT molecular complexity index is 911. The first kappa shape index (κ1) is 27.5. The Morgan fingerprint density at radius 1 is 1.06 bits per heavy atom. The standard InChI is InChI=1S/C27H38N2O7/c1-2-3-4-5-6-9-24(30)28-21(19-29-14-7-8-15-29)27(36-26(33)13-12-25(31)32)20-10-11-22-23(18-20)35-17-16-34-22/h10-13,18,21,27H,2-9,14-17,19H2,1H3,(H,28,30)(H,31,32)/b13-12+/t21-,27-/m1/s1. The number of carboxylic acids is 1. The Morgan fingerprint density at radius 3 is 2.50 bits per heavy atom. The van der Waals surface area contributed by atoms with Gasteiger partial charge in [-0.05, 0) is 50.0 Å². The number of esters is 1. The van der Waals surface area contributed by atoms with Gasteiger partial charge in [0.1, 0.15) is 19.3 Å². The van der Waals surface area contributed by atoms with Crippen molar-refractivity contribution in [3.05, 3.63) is 35.9 Å². The molecule has 9 heteroatoms. The van der Waals surface area contributed by atoms with Gasteiger partial charge in [-0.3, -0.25) is 4.79 Å². The van der Waals surface area contributed by atoms with E-state index in [1.165, 1.54) is 0 Å². The van der Waals surface area contributed by atoms with Gasteiger partial charge >= 0.3 is 11.9 Å². The van der Waals surface area contributed by atoms with Gasteiger partial charge < -0.3 is 29.5 Å². The normalized spacial score (nSPS) is 17.0. The quantitative estimate of drug-likeness (QED) is 0.225. The molecule has 36 heavy (non-hydrogen) atoms. The third-order valence-corrected chi connectivity index (χ3v) is 6.37. The van der Waals surface area contributed by atoms with E-state index in [4.69, 9.17) is 19.3 Å². The lowest BCUT2D eigenvalue weighted by Crippen LogP contribution is -2.47. The number of aliphatic carboxylic acids is 1. The summed E-state index contributed by atoms with van der Waals surface area (Å²) in [4.78, 5) is 38.6. The zero-order valence-electron chi connectivity index (χ0n) is 21.1. The number of fused-ring (bicyclic) bond motifs is 1. The molecular weight excluding hydrogens is 464 g/mol. The molecule has 0 bridgehead atoms. The van der Waals surface area contributed by atoms with Crippen LogP contribution in [0.2, 0.25) is 0 Å². The fraction of sp³-hybridized carbons (Fsp3) is 0.593. The topological polar surface area (TPSA) is 114 Å². The zero-order chi connectivity index (χ0) is 25.8. The van der Waals surface area contributed by atoms with Crippen LogP contribution in [0.5, 0.6) is 11.5 Å². The predicted molar refractivity (Wildman–Crippen MR) is 134 cm³/mol. The number of carboxylic acid groups (broad SMARTS) is 1. The summed E-state index contributed by atoms with van der Waals surface area (Å²) in [6.45, 7) is 5.34. The van der Waals surface area contributed by atoms with Crippen LogP contribution < -0.4 is 14.8 Å². The molecule has 1 aromatic rings. The molecule has 2 heterocycles. The summed E-state index contributed by atoms with van der Waals surface area (Å²) in [5.41, 5.74) is 0.642. The Kier molecular flexibility index (Phi) is 11.1. The van der Waals surface area contributed by atoms with Crippen molar-refractivity contribution in [3.63, 3.8) is 0 Å². The summed E-state index contributed by atoms with van der Waals surface area (Å²) in [7, 11) is 0. The van der Waals surface area contributed by atoms with Gasteiger partial charge in [0.05, 0.1) is 6.04 Å². The lowest BCUT2D eigenvalue weighted by atomic mass is 10.00. The molecule has 2 N–H and O–H groups in total. The van der Waals surface area contributed by atoms with E-state index in [1.807, 2.05) is 0 Å². The maximum absolute atomic E-state index is 12.9. The molecule has 9 nitrogen and oxygen atoms in total. The molecule has 0 saturated carbocycles. The van der Waals surface area contributed by atoms with Crippen LogP contribution in [0.4, 0.5) is 0 Å². The second-order valence-corrected chi connectivity index (χ2v) is 9.28. The number of ether oxygens (including phenoxy) is 3. The van der Waals surface area contributed by atoms with Crippen molar-refractivity contribution in [2.75, 3.05) is 32.8 Å². The van der Waals surface area contributed by atoms with Crippen LogP contribution >= 0.6 is 0 Å². The van der Waals surface area contributed by atoms with Gasteiger partial charge in [0.25, 0.3) is 0 Å². The van der Waals surface area contributed by atoms with Gasteiger partial charge in [0, 0.05) is 25.1 Å². The van der Waals surface area contributed by atoms with Crippen LogP contribution in [-0.4, -0.2) is 66.7 Å². The van der Waals surface area contributed by atoms with Crippen LogP contribution in [-0.2, 0) is 19.1 Å². The van der Waals surface area contributed by atoms with Gasteiger partial charge in [-0.25, -0.2) is 9.59 Å². The molecule has 2 atom stereocenters. The van der Waals surface area contributed by atoms with Gasteiger partial charge in [-0.15, -0.1) is 0 Å². The maximum atomic E-state index is 12.9. The SMILES string of the molecule is CCCCCCCC(=O)N[C@H](CN1CCCC1)[C@H](OC(=O)/C=C/C(=O)O)c1ccc2c(c1)OCCO2. The smallest absolute Gasteiger partial charge is 0.331 e. The molecular formula is C27H38N2O7. The number of nitrogens with zero attached hydrogens (tertiary/aromatic N) is 1. The number of carbonyl (C=O) groups excluding carboxylic acids is 2. The predicted octanol–water partition coefficient (Wildman–Crippen LogP) is 3.62. The average molecular weight is 503 g/mol. The molecule has 0 radical (unpaired) electrons. The summed E-state index contributed by atoms with van der Waals surface area (Å²) in [6, 6.07) is 4.80. The lowest BCUT2D eigenvalue weighted by Gasteiger charge is -2.32. The van der Waals surface area contributed by atoms with Crippen LogP contribution in [0.3, 0.4) is 0 Å². The number of nitrogens with one attached hydrogen (secondary N) is 1. The highest BCUT2D eigenvalue weighted by atomic mass is 16.6. The Morgan fingerprint density at radius 2 is 1.78 bits per heavy atom. The number of rotatable bonds is 14. The zero-order valence-corrected chi connectivity index (χ0v) is 21.1. The third kappa shape index (κ3) is 8.86. The van der Waals surface area contributed by atoms with Crippen molar-refractivity contribution in [1.29, 1.82) is 0 Å². The monoisotopic (exact) mass is 502 g/mol. The average Bonchev–Trinajstić information content (AvgIpc) is 3.38. The van der Waals surface area contributed by atoms with Crippen molar-refractivity contribution in [2.24, 2.45) is 0 Å². The van der Waals surface area contributed by atoms with E-state index >= 15 is 0 Å². The molecule has 2 aliphatic rings. The van der Waals surface area contributed by atoms with E-state index < -0.39 is 24.1 Å². The van der Waals surface area contributed by atoms with E-state index in [0.29, 0.717) is 43.2 Å². The van der Waals surface area contributed by atoms with E-state index in [9.17, 15) is 14.4 Å². The van der Waals surface area contributed by atoms with Gasteiger partial charge in [0.2, 0.25) is 5.91 Å². The molecule has 0 aromatic heterocycles. The summed E-state index contributed by atoms with van der Waals surface area (Å²) < 4.78 is 17.1. The fourth-order valence-corrected chi connectivity index (χ4v) is 4.55. The molecule has 0 unspecified atom stereocenters. The number of hydrogen-bond acceptors (Lipinski definition) is 7. The minimum Gasteiger partial charge on any atom is -0.486 e. The molecule has 1 aromatic carbocycles. The molecule has 2 aliphatic heterocycles. The van der Waals surface area contributed by atoms with E-state index in [0.717, 1.165) is 70.2 Å². The van der Waals surface area contributed by atoms with Crippen molar-refractivity contribution < 1.29 is 33.7 Å². The molecule has 3 rings (SSSR count). The number of likely N-dealkylation sites (tertiary alicyclic amines) is 1. The van der Waals surface area contributed by atoms with Crippen molar-refractivity contribution in [2.45, 2.75) is 70.4 Å². The van der Waals surface area contributed by atoms with Crippen molar-refractivity contribution in [1.82, 2.24) is 10.2 Å². The fourth-order valence-electron chi connectivity index (χ4n) is 4.55. The third-order valence-electron chi connectivity index (χ3n) is 6.37. The number of amides is 1. The van der Waals surface area contributed by atoms with E-state index in [1.54, 1.807) is 18.2 Å². The van der Waals surface area contributed by atoms with Gasteiger partial charge in [0.15, 0.2) is 11.5 Å². The minimum atomic E-state index is -1.24. The van der Waals surface area contributed by atoms with E-state index in [-0.39, 0.29) is 5.91 Å². The highest BCUT2D eigenvalue weighted by molar-refractivity contribution is 5.90. The second-order valence-electron chi connectivity index (χ2n) is 9.28. The second kappa shape index (κ2) is 14.5. The molecule has 1 saturated heterocycles. The Labute approximate surface area is 212 Å². The van der Waals surface area contributed by atoms with Gasteiger partial charge in [-0.2, -0.15) is 0 Å². The Balaban J connectivity index is 1.82. The molecule has 1 amide bonds. The van der Waals surface area contributed by atoms with Crippen molar-refractivity contribution >= 4 is 17.8 Å². The van der Waals surface area contributed by atoms with Crippen LogP contribution in [0.15, 0.2) is 30.4 Å². The Hall–Kier alpha value is -3.07. The minimum absolute atomic E-state index is 0.0876. The van der Waals surface area contributed by atoms with Crippen LogP contribution in [0.25, 0.3) is 0 Å². The number of unbranched alkanes of at least 4 members (excludes halogenated alkanes) is 4. The number of benzene rings is 1. The maximum Gasteiger partial charge on any atom is 0.331 e. The summed E-state index contributed by atoms with van der Waals surface area (Å²) in [5, 5.41) is 12.0. The number of carbonyl (C=O) groups is 3.